The van der Waals surface area contributed by atoms with Crippen molar-refractivity contribution in [2.45, 2.75) is 20.3 Å². The predicted molar refractivity (Wildman–Crippen MR) is 73.0 cm³/mol. The van der Waals surface area contributed by atoms with Crippen LogP contribution in [0.1, 0.15) is 16.8 Å². The van der Waals surface area contributed by atoms with E-state index in [0.717, 1.165) is 17.8 Å². The second kappa shape index (κ2) is 5.23. The molecule has 96 valence electrons. The average Bonchev–Trinajstić information content (AvgIpc) is 2.71. The van der Waals surface area contributed by atoms with Crippen LogP contribution in [0.3, 0.4) is 0 Å². The Morgan fingerprint density at radius 1 is 1.22 bits per heavy atom. The molecule has 0 aliphatic carbocycles. The lowest BCUT2D eigenvalue weighted by atomic mass is 10.1. The molecule has 0 unspecified atom stereocenters. The standard InChI is InChI=1S/C14H19N3O/c1-10-4-5-13(8-11(10)2)17-14(15)9-12(16-17)6-7-18-3/h4-5,8-9H,6-7,15H2,1-3H3. The van der Waals surface area contributed by atoms with Gasteiger partial charge in [-0.15, -0.1) is 0 Å². The maximum Gasteiger partial charge on any atom is 0.127 e. The fourth-order valence-corrected chi connectivity index (χ4v) is 1.84. The van der Waals surface area contributed by atoms with Crippen LogP contribution in [-0.4, -0.2) is 23.5 Å². The van der Waals surface area contributed by atoms with Crippen LogP contribution in [0.2, 0.25) is 0 Å². The van der Waals surface area contributed by atoms with E-state index >= 15 is 0 Å². The first-order valence-electron chi connectivity index (χ1n) is 6.03. The molecule has 1 aromatic carbocycles. The summed E-state index contributed by atoms with van der Waals surface area (Å²) in [6, 6.07) is 8.11. The Morgan fingerprint density at radius 3 is 2.67 bits per heavy atom. The van der Waals surface area contributed by atoms with Gasteiger partial charge in [-0.05, 0) is 37.1 Å². The lowest BCUT2D eigenvalue weighted by Gasteiger charge is -2.06. The lowest BCUT2D eigenvalue weighted by Crippen LogP contribution is -2.03. The summed E-state index contributed by atoms with van der Waals surface area (Å²) in [6.07, 6.45) is 0.776. The van der Waals surface area contributed by atoms with Crippen LogP contribution in [-0.2, 0) is 11.2 Å². The van der Waals surface area contributed by atoms with Crippen LogP contribution in [0, 0.1) is 13.8 Å². The number of aromatic nitrogens is 2. The lowest BCUT2D eigenvalue weighted by molar-refractivity contribution is 0.201. The summed E-state index contributed by atoms with van der Waals surface area (Å²) >= 11 is 0. The van der Waals surface area contributed by atoms with Crippen LogP contribution in [0.4, 0.5) is 5.82 Å². The zero-order valence-electron chi connectivity index (χ0n) is 11.1. The van der Waals surface area contributed by atoms with Gasteiger partial charge in [0, 0.05) is 19.6 Å². The molecule has 4 heteroatoms. The number of ether oxygens (including phenoxy) is 1. The third-order valence-corrected chi connectivity index (χ3v) is 3.08. The Labute approximate surface area is 107 Å². The number of benzene rings is 1. The number of nitrogens with zero attached hydrogens (tertiary/aromatic N) is 2. The van der Waals surface area contributed by atoms with E-state index in [-0.39, 0.29) is 0 Å². The van der Waals surface area contributed by atoms with Crippen LogP contribution in [0.15, 0.2) is 24.3 Å². The van der Waals surface area contributed by atoms with E-state index in [1.807, 2.05) is 12.1 Å². The second-order valence-corrected chi connectivity index (χ2v) is 4.48. The number of rotatable bonds is 4. The first-order chi connectivity index (χ1) is 8.61. The van der Waals surface area contributed by atoms with E-state index in [2.05, 4.69) is 31.1 Å². The van der Waals surface area contributed by atoms with E-state index in [4.69, 9.17) is 10.5 Å². The van der Waals surface area contributed by atoms with Gasteiger partial charge in [0.15, 0.2) is 0 Å². The first kappa shape index (κ1) is 12.6. The van der Waals surface area contributed by atoms with Gasteiger partial charge in [0.1, 0.15) is 5.82 Å². The molecule has 4 nitrogen and oxygen atoms in total. The quantitative estimate of drug-likeness (QED) is 0.899. The molecule has 2 rings (SSSR count). The van der Waals surface area contributed by atoms with E-state index in [1.54, 1.807) is 11.8 Å². The molecule has 2 aromatic rings. The summed E-state index contributed by atoms with van der Waals surface area (Å²) in [4.78, 5) is 0. The van der Waals surface area contributed by atoms with Crippen molar-refractivity contribution in [2.75, 3.05) is 19.5 Å². The SMILES string of the molecule is COCCc1cc(N)n(-c2ccc(C)c(C)c2)n1. The number of hydrogen-bond donors (Lipinski definition) is 1. The van der Waals surface area contributed by atoms with E-state index < -0.39 is 0 Å². The fraction of sp³-hybridized carbons (Fsp3) is 0.357. The van der Waals surface area contributed by atoms with Gasteiger partial charge in [-0.2, -0.15) is 5.10 Å². The highest BCUT2D eigenvalue weighted by molar-refractivity contribution is 5.46. The predicted octanol–water partition coefficient (Wildman–Crippen LogP) is 2.26. The first-order valence-corrected chi connectivity index (χ1v) is 6.03. The van der Waals surface area contributed by atoms with Gasteiger partial charge in [0.2, 0.25) is 0 Å². The molecule has 1 aromatic heterocycles. The monoisotopic (exact) mass is 245 g/mol. The van der Waals surface area contributed by atoms with Crippen molar-refractivity contribution in [1.29, 1.82) is 0 Å². The molecule has 18 heavy (non-hydrogen) atoms. The van der Waals surface area contributed by atoms with Crippen molar-refractivity contribution in [2.24, 2.45) is 0 Å². The largest absolute Gasteiger partial charge is 0.384 e. The van der Waals surface area contributed by atoms with E-state index in [0.29, 0.717) is 12.4 Å². The average molecular weight is 245 g/mol. The molecule has 0 bridgehead atoms. The molecule has 0 aliphatic heterocycles. The summed E-state index contributed by atoms with van der Waals surface area (Å²) in [5.41, 5.74) is 10.4. The second-order valence-electron chi connectivity index (χ2n) is 4.48. The molecule has 0 radical (unpaired) electrons. The molecule has 0 saturated carbocycles. The summed E-state index contributed by atoms with van der Waals surface area (Å²) in [7, 11) is 1.68. The van der Waals surface area contributed by atoms with Gasteiger partial charge in [-0.1, -0.05) is 6.07 Å². The van der Waals surface area contributed by atoms with Crippen molar-refractivity contribution in [3.63, 3.8) is 0 Å². The van der Waals surface area contributed by atoms with E-state index in [1.165, 1.54) is 11.1 Å². The van der Waals surface area contributed by atoms with E-state index in [9.17, 15) is 0 Å². The van der Waals surface area contributed by atoms with Gasteiger partial charge in [-0.25, -0.2) is 4.68 Å². The van der Waals surface area contributed by atoms with Crippen LogP contribution in [0.25, 0.3) is 5.69 Å². The third kappa shape index (κ3) is 2.54. The van der Waals surface area contributed by atoms with Crippen molar-refractivity contribution >= 4 is 5.82 Å². The number of hydrogen-bond acceptors (Lipinski definition) is 3. The smallest absolute Gasteiger partial charge is 0.127 e. The molecular weight excluding hydrogens is 226 g/mol. The topological polar surface area (TPSA) is 53.1 Å². The Bertz CT molecular complexity index is 546. The minimum Gasteiger partial charge on any atom is -0.384 e. The van der Waals surface area contributed by atoms with Crippen molar-refractivity contribution < 1.29 is 4.74 Å². The zero-order chi connectivity index (χ0) is 13.1. The highest BCUT2D eigenvalue weighted by Crippen LogP contribution is 2.18. The summed E-state index contributed by atoms with van der Waals surface area (Å²) in [5, 5.41) is 4.50. The number of methoxy groups -OCH3 is 1. The Hall–Kier alpha value is -1.81. The summed E-state index contributed by atoms with van der Waals surface area (Å²) in [5.74, 6) is 0.657. The van der Waals surface area contributed by atoms with Crippen LogP contribution < -0.4 is 5.73 Å². The minimum atomic E-state index is 0.656. The molecule has 0 amide bonds. The fourth-order valence-electron chi connectivity index (χ4n) is 1.84. The van der Waals surface area contributed by atoms with Gasteiger partial charge in [0.25, 0.3) is 0 Å². The minimum absolute atomic E-state index is 0.656. The highest BCUT2D eigenvalue weighted by Gasteiger charge is 2.07. The molecule has 0 saturated heterocycles. The molecule has 1 heterocycles. The van der Waals surface area contributed by atoms with Gasteiger partial charge in [0.05, 0.1) is 18.0 Å². The molecular formula is C14H19N3O. The third-order valence-electron chi connectivity index (χ3n) is 3.08. The Balaban J connectivity index is 2.32. The zero-order valence-corrected chi connectivity index (χ0v) is 11.1. The number of anilines is 1. The van der Waals surface area contributed by atoms with Crippen LogP contribution >= 0.6 is 0 Å². The molecule has 0 atom stereocenters. The Kier molecular flexibility index (Phi) is 3.67. The van der Waals surface area contributed by atoms with Gasteiger partial charge in [-0.3, -0.25) is 0 Å². The van der Waals surface area contributed by atoms with Gasteiger partial charge >= 0.3 is 0 Å². The maximum absolute atomic E-state index is 5.99. The number of nitrogen functional groups attached to an aromatic ring is 1. The number of nitrogens with two attached hydrogens (primary N) is 1. The number of aryl methyl sites for hydroxylation is 2. The van der Waals surface area contributed by atoms with Crippen molar-refractivity contribution in [3.05, 3.63) is 41.1 Å². The Morgan fingerprint density at radius 2 is 2.00 bits per heavy atom. The van der Waals surface area contributed by atoms with Gasteiger partial charge < -0.3 is 10.5 Å². The normalized spacial score (nSPS) is 10.8. The molecule has 0 fully saturated rings. The van der Waals surface area contributed by atoms with Crippen molar-refractivity contribution in [3.8, 4) is 5.69 Å². The maximum atomic E-state index is 5.99. The summed E-state index contributed by atoms with van der Waals surface area (Å²) in [6.45, 7) is 4.84. The highest BCUT2D eigenvalue weighted by atomic mass is 16.5. The molecule has 0 spiro atoms. The molecule has 2 N–H and O–H groups in total. The summed E-state index contributed by atoms with van der Waals surface area (Å²) < 4.78 is 6.82. The van der Waals surface area contributed by atoms with Crippen molar-refractivity contribution in [1.82, 2.24) is 9.78 Å². The molecule has 0 aliphatic rings. The van der Waals surface area contributed by atoms with Crippen LogP contribution in [0.5, 0.6) is 0 Å².